The van der Waals surface area contributed by atoms with Crippen molar-refractivity contribution in [3.63, 3.8) is 0 Å². The van der Waals surface area contributed by atoms with E-state index in [0.29, 0.717) is 12.3 Å². The zero-order valence-corrected chi connectivity index (χ0v) is 7.35. The SMILES string of the molecule is O=Cc1cncn1C1CCCOC1. The number of aldehydes is 1. The van der Waals surface area contributed by atoms with Crippen LogP contribution in [0.2, 0.25) is 0 Å². The number of hydrogen-bond acceptors (Lipinski definition) is 3. The fraction of sp³-hybridized carbons (Fsp3) is 0.556. The Labute approximate surface area is 76.5 Å². The normalized spacial score (nSPS) is 22.9. The van der Waals surface area contributed by atoms with Gasteiger partial charge in [-0.1, -0.05) is 0 Å². The molecule has 1 saturated heterocycles. The van der Waals surface area contributed by atoms with E-state index >= 15 is 0 Å². The summed E-state index contributed by atoms with van der Waals surface area (Å²) in [4.78, 5) is 14.6. The number of rotatable bonds is 2. The van der Waals surface area contributed by atoms with E-state index in [9.17, 15) is 4.79 Å². The van der Waals surface area contributed by atoms with Crippen molar-refractivity contribution in [2.24, 2.45) is 0 Å². The standard InChI is InChI=1S/C9H12N2O2/c12-5-9-4-10-7-11(9)8-2-1-3-13-6-8/h4-5,7-8H,1-3,6H2. The minimum Gasteiger partial charge on any atom is -0.379 e. The van der Waals surface area contributed by atoms with Gasteiger partial charge in [-0.05, 0) is 12.8 Å². The number of hydrogen-bond donors (Lipinski definition) is 0. The molecule has 1 atom stereocenters. The highest BCUT2D eigenvalue weighted by atomic mass is 16.5. The smallest absolute Gasteiger partial charge is 0.168 e. The van der Waals surface area contributed by atoms with E-state index < -0.39 is 0 Å². The maximum atomic E-state index is 10.6. The molecule has 1 unspecified atom stereocenters. The summed E-state index contributed by atoms with van der Waals surface area (Å²) in [6, 6.07) is 0.288. The van der Waals surface area contributed by atoms with Crippen LogP contribution in [0.1, 0.15) is 29.4 Å². The van der Waals surface area contributed by atoms with Crippen LogP contribution in [0, 0.1) is 0 Å². The Morgan fingerprint density at radius 2 is 2.62 bits per heavy atom. The Hall–Kier alpha value is -1.16. The lowest BCUT2D eigenvalue weighted by Gasteiger charge is -2.23. The first kappa shape index (κ1) is 8.44. The van der Waals surface area contributed by atoms with Crippen LogP contribution in [0.3, 0.4) is 0 Å². The third kappa shape index (κ3) is 1.62. The summed E-state index contributed by atoms with van der Waals surface area (Å²) >= 11 is 0. The topological polar surface area (TPSA) is 44.1 Å². The molecule has 1 aromatic heterocycles. The van der Waals surface area contributed by atoms with Gasteiger partial charge in [-0.2, -0.15) is 0 Å². The van der Waals surface area contributed by atoms with E-state index in [2.05, 4.69) is 4.98 Å². The van der Waals surface area contributed by atoms with Gasteiger partial charge in [-0.25, -0.2) is 4.98 Å². The Morgan fingerprint density at radius 1 is 1.69 bits per heavy atom. The van der Waals surface area contributed by atoms with Crippen LogP contribution in [-0.2, 0) is 4.74 Å². The molecule has 1 fully saturated rings. The quantitative estimate of drug-likeness (QED) is 0.639. The number of carbonyl (C=O) groups excluding carboxylic acids is 1. The van der Waals surface area contributed by atoms with Crippen molar-refractivity contribution in [1.29, 1.82) is 0 Å². The van der Waals surface area contributed by atoms with Crippen LogP contribution in [0.4, 0.5) is 0 Å². The molecule has 0 radical (unpaired) electrons. The molecular weight excluding hydrogens is 168 g/mol. The molecule has 0 saturated carbocycles. The van der Waals surface area contributed by atoms with E-state index in [4.69, 9.17) is 4.74 Å². The van der Waals surface area contributed by atoms with Crippen LogP contribution >= 0.6 is 0 Å². The number of nitrogens with zero attached hydrogens (tertiary/aromatic N) is 2. The van der Waals surface area contributed by atoms with E-state index in [1.54, 1.807) is 12.5 Å². The number of imidazole rings is 1. The number of aromatic nitrogens is 2. The molecule has 0 spiro atoms. The fourth-order valence-corrected chi connectivity index (χ4v) is 1.65. The summed E-state index contributed by atoms with van der Waals surface area (Å²) in [7, 11) is 0. The summed E-state index contributed by atoms with van der Waals surface area (Å²) in [5.74, 6) is 0. The van der Waals surface area contributed by atoms with Crippen LogP contribution in [-0.4, -0.2) is 29.1 Å². The molecule has 70 valence electrons. The highest BCUT2D eigenvalue weighted by Crippen LogP contribution is 2.20. The van der Waals surface area contributed by atoms with Gasteiger partial charge in [0.05, 0.1) is 25.2 Å². The molecule has 1 aromatic rings. The molecular formula is C9H12N2O2. The molecule has 0 amide bonds. The zero-order chi connectivity index (χ0) is 9.10. The summed E-state index contributed by atoms with van der Waals surface area (Å²) < 4.78 is 7.24. The minimum atomic E-state index is 0.288. The lowest BCUT2D eigenvalue weighted by atomic mass is 10.1. The summed E-state index contributed by atoms with van der Waals surface area (Å²) in [5, 5.41) is 0. The first-order chi connectivity index (χ1) is 6.42. The van der Waals surface area contributed by atoms with Crippen LogP contribution in [0.5, 0.6) is 0 Å². The monoisotopic (exact) mass is 180 g/mol. The molecule has 13 heavy (non-hydrogen) atoms. The summed E-state index contributed by atoms with van der Waals surface area (Å²) in [6.45, 7) is 1.53. The highest BCUT2D eigenvalue weighted by Gasteiger charge is 2.17. The summed E-state index contributed by atoms with van der Waals surface area (Å²) in [5.41, 5.74) is 0.635. The lowest BCUT2D eigenvalue weighted by Crippen LogP contribution is -2.21. The Morgan fingerprint density at radius 3 is 3.31 bits per heavy atom. The third-order valence-electron chi connectivity index (χ3n) is 2.35. The second kappa shape index (κ2) is 3.70. The molecule has 4 heteroatoms. The molecule has 2 rings (SSSR count). The zero-order valence-electron chi connectivity index (χ0n) is 7.35. The average Bonchev–Trinajstić information content (AvgIpc) is 2.67. The Balaban J connectivity index is 2.17. The molecule has 4 nitrogen and oxygen atoms in total. The van der Waals surface area contributed by atoms with Gasteiger partial charge in [-0.15, -0.1) is 0 Å². The Bertz CT molecular complexity index is 290. The van der Waals surface area contributed by atoms with Crippen molar-refractivity contribution in [3.05, 3.63) is 18.2 Å². The minimum absolute atomic E-state index is 0.288. The molecule has 0 bridgehead atoms. The van der Waals surface area contributed by atoms with Gasteiger partial charge in [0, 0.05) is 6.61 Å². The van der Waals surface area contributed by atoms with Crippen molar-refractivity contribution in [1.82, 2.24) is 9.55 Å². The van der Waals surface area contributed by atoms with Crippen LogP contribution in [0.25, 0.3) is 0 Å². The highest BCUT2D eigenvalue weighted by molar-refractivity contribution is 5.71. The second-order valence-electron chi connectivity index (χ2n) is 3.21. The third-order valence-corrected chi connectivity index (χ3v) is 2.35. The Kier molecular flexibility index (Phi) is 2.40. The van der Waals surface area contributed by atoms with Crippen LogP contribution in [0.15, 0.2) is 12.5 Å². The molecule has 1 aliphatic heterocycles. The van der Waals surface area contributed by atoms with E-state index in [1.807, 2.05) is 4.57 Å². The number of carbonyl (C=O) groups is 1. The van der Waals surface area contributed by atoms with Gasteiger partial charge in [0.15, 0.2) is 6.29 Å². The van der Waals surface area contributed by atoms with E-state index in [-0.39, 0.29) is 6.04 Å². The first-order valence-corrected chi connectivity index (χ1v) is 4.46. The van der Waals surface area contributed by atoms with Gasteiger partial charge in [-0.3, -0.25) is 4.79 Å². The predicted octanol–water partition coefficient (Wildman–Crippen LogP) is 1.05. The maximum Gasteiger partial charge on any atom is 0.168 e. The van der Waals surface area contributed by atoms with E-state index in [1.165, 1.54) is 0 Å². The first-order valence-electron chi connectivity index (χ1n) is 4.46. The van der Waals surface area contributed by atoms with Gasteiger partial charge in [0.1, 0.15) is 5.69 Å². The van der Waals surface area contributed by atoms with Crippen molar-refractivity contribution in [2.75, 3.05) is 13.2 Å². The fourth-order valence-electron chi connectivity index (χ4n) is 1.65. The van der Waals surface area contributed by atoms with Gasteiger partial charge >= 0.3 is 0 Å². The molecule has 1 aliphatic rings. The summed E-state index contributed by atoms with van der Waals surface area (Å²) in [6.07, 6.45) is 6.24. The van der Waals surface area contributed by atoms with Crippen molar-refractivity contribution < 1.29 is 9.53 Å². The lowest BCUT2D eigenvalue weighted by molar-refractivity contribution is 0.0582. The molecule has 0 aliphatic carbocycles. The van der Waals surface area contributed by atoms with Gasteiger partial charge < -0.3 is 9.30 Å². The van der Waals surface area contributed by atoms with Gasteiger partial charge in [0.25, 0.3) is 0 Å². The number of ether oxygens (including phenoxy) is 1. The predicted molar refractivity (Wildman–Crippen MR) is 46.7 cm³/mol. The second-order valence-corrected chi connectivity index (χ2v) is 3.21. The largest absolute Gasteiger partial charge is 0.379 e. The van der Waals surface area contributed by atoms with Crippen LogP contribution < -0.4 is 0 Å². The van der Waals surface area contributed by atoms with Crippen molar-refractivity contribution >= 4 is 6.29 Å². The van der Waals surface area contributed by atoms with Gasteiger partial charge in [0.2, 0.25) is 0 Å². The van der Waals surface area contributed by atoms with Crippen molar-refractivity contribution in [3.8, 4) is 0 Å². The maximum absolute atomic E-state index is 10.6. The van der Waals surface area contributed by atoms with E-state index in [0.717, 1.165) is 25.7 Å². The van der Waals surface area contributed by atoms with Crippen molar-refractivity contribution in [2.45, 2.75) is 18.9 Å². The average molecular weight is 180 g/mol. The molecule has 0 N–H and O–H groups in total. The molecule has 0 aromatic carbocycles. The molecule has 2 heterocycles.